The Balaban J connectivity index is 1.67. The molecule has 0 saturated carbocycles. The minimum absolute atomic E-state index is 0.0199. The van der Waals surface area contributed by atoms with E-state index in [9.17, 15) is 4.79 Å². The maximum atomic E-state index is 13.0. The second-order valence-electron chi connectivity index (χ2n) is 6.38. The number of hydrogen-bond acceptors (Lipinski definition) is 5. The third-order valence-corrected chi connectivity index (χ3v) is 6.09. The van der Waals surface area contributed by atoms with Gasteiger partial charge in [0.1, 0.15) is 5.75 Å². The van der Waals surface area contributed by atoms with Crippen molar-refractivity contribution >= 4 is 29.0 Å². The normalized spacial score (nSPS) is 10.7. The molecule has 1 amide bonds. The summed E-state index contributed by atoms with van der Waals surface area (Å²) < 4.78 is 5.48. The molecule has 0 bridgehead atoms. The number of carbonyl (C=O) groups excluding carboxylic acids is 1. The fourth-order valence-electron chi connectivity index (χ4n) is 2.80. The van der Waals surface area contributed by atoms with E-state index in [0.29, 0.717) is 13.2 Å². The van der Waals surface area contributed by atoms with Crippen LogP contribution in [-0.2, 0) is 12.3 Å². The highest BCUT2D eigenvalue weighted by atomic mass is 32.2. The Morgan fingerprint density at radius 1 is 1.18 bits per heavy atom. The van der Waals surface area contributed by atoms with E-state index in [1.807, 2.05) is 69.4 Å². The van der Waals surface area contributed by atoms with Crippen molar-refractivity contribution in [1.29, 1.82) is 0 Å². The molecule has 6 heteroatoms. The molecule has 0 aliphatic heterocycles. The number of carbonyl (C=O) groups is 1. The van der Waals surface area contributed by atoms with Gasteiger partial charge in [0.15, 0.2) is 0 Å². The predicted octanol–water partition coefficient (Wildman–Crippen LogP) is 5.41. The zero-order valence-electron chi connectivity index (χ0n) is 16.3. The van der Waals surface area contributed by atoms with Crippen LogP contribution in [0.1, 0.15) is 33.5 Å². The van der Waals surface area contributed by atoms with Crippen LogP contribution in [0.3, 0.4) is 0 Å². The molecule has 0 atom stereocenters. The number of rotatable bonds is 8. The molecule has 0 radical (unpaired) electrons. The topological polar surface area (TPSA) is 42.4 Å². The third-order valence-electron chi connectivity index (χ3n) is 4.16. The Hall–Kier alpha value is -2.31. The van der Waals surface area contributed by atoms with Crippen LogP contribution in [0.25, 0.3) is 0 Å². The zero-order valence-corrected chi connectivity index (χ0v) is 18.0. The number of thioether (sulfide) groups is 1. The number of ether oxygens (including phenoxy) is 1. The second kappa shape index (κ2) is 9.75. The number of hydrogen-bond donors (Lipinski definition) is 0. The summed E-state index contributed by atoms with van der Waals surface area (Å²) in [6.07, 6.45) is 0. The minimum atomic E-state index is 0.0199. The molecule has 2 aromatic carbocycles. The SMILES string of the molecule is CCOc1ccc(CN(C)C(=O)c2ccccc2SCc2csc(C)n2)cc1. The van der Waals surface area contributed by atoms with Crippen LogP contribution in [-0.4, -0.2) is 29.4 Å². The molecule has 0 saturated heterocycles. The monoisotopic (exact) mass is 412 g/mol. The first-order chi connectivity index (χ1) is 13.6. The van der Waals surface area contributed by atoms with Gasteiger partial charge in [-0.1, -0.05) is 24.3 Å². The van der Waals surface area contributed by atoms with Crippen molar-refractivity contribution in [2.45, 2.75) is 31.0 Å². The summed E-state index contributed by atoms with van der Waals surface area (Å²) in [4.78, 5) is 20.3. The Kier molecular flexibility index (Phi) is 7.12. The average Bonchev–Trinajstić information content (AvgIpc) is 3.13. The van der Waals surface area contributed by atoms with Gasteiger partial charge in [-0.2, -0.15) is 0 Å². The van der Waals surface area contributed by atoms with E-state index in [-0.39, 0.29) is 5.91 Å². The lowest BCUT2D eigenvalue weighted by atomic mass is 10.1. The van der Waals surface area contributed by atoms with Crippen LogP contribution in [0.15, 0.2) is 58.8 Å². The summed E-state index contributed by atoms with van der Waals surface area (Å²) >= 11 is 3.30. The number of amides is 1. The summed E-state index contributed by atoms with van der Waals surface area (Å²) in [5.41, 5.74) is 2.85. The average molecular weight is 413 g/mol. The molecule has 4 nitrogen and oxygen atoms in total. The predicted molar refractivity (Wildman–Crippen MR) is 116 cm³/mol. The van der Waals surface area contributed by atoms with Gasteiger partial charge < -0.3 is 9.64 Å². The molecule has 28 heavy (non-hydrogen) atoms. The molecular weight excluding hydrogens is 388 g/mol. The molecule has 0 unspecified atom stereocenters. The lowest BCUT2D eigenvalue weighted by Gasteiger charge is -2.19. The molecule has 3 rings (SSSR count). The van der Waals surface area contributed by atoms with Gasteiger partial charge in [0.25, 0.3) is 5.91 Å². The van der Waals surface area contributed by atoms with Crippen molar-refractivity contribution in [3.63, 3.8) is 0 Å². The van der Waals surface area contributed by atoms with Gasteiger partial charge >= 0.3 is 0 Å². The highest BCUT2D eigenvalue weighted by Gasteiger charge is 2.16. The molecule has 0 aliphatic carbocycles. The van der Waals surface area contributed by atoms with Gasteiger partial charge in [0.05, 0.1) is 22.9 Å². The van der Waals surface area contributed by atoms with Crippen molar-refractivity contribution < 1.29 is 9.53 Å². The van der Waals surface area contributed by atoms with Gasteiger partial charge in [-0.15, -0.1) is 23.1 Å². The zero-order chi connectivity index (χ0) is 19.9. The van der Waals surface area contributed by atoms with Crippen LogP contribution in [0.4, 0.5) is 0 Å². The first kappa shape index (κ1) is 20.4. The van der Waals surface area contributed by atoms with Gasteiger partial charge in [-0.05, 0) is 43.7 Å². The first-order valence-electron chi connectivity index (χ1n) is 9.17. The van der Waals surface area contributed by atoms with Crippen LogP contribution in [0, 0.1) is 6.92 Å². The van der Waals surface area contributed by atoms with E-state index in [2.05, 4.69) is 10.4 Å². The van der Waals surface area contributed by atoms with Crippen LogP contribution < -0.4 is 4.74 Å². The fourth-order valence-corrected chi connectivity index (χ4v) is 4.46. The molecule has 1 heterocycles. The molecule has 3 aromatic rings. The minimum Gasteiger partial charge on any atom is -0.494 e. The highest BCUT2D eigenvalue weighted by Crippen LogP contribution is 2.28. The number of nitrogens with zero attached hydrogens (tertiary/aromatic N) is 2. The number of thiazole rings is 1. The van der Waals surface area contributed by atoms with Crippen molar-refractivity contribution in [2.75, 3.05) is 13.7 Å². The number of aryl methyl sites for hydroxylation is 1. The van der Waals surface area contributed by atoms with Crippen molar-refractivity contribution in [3.8, 4) is 5.75 Å². The van der Waals surface area contributed by atoms with Crippen LogP contribution in [0.5, 0.6) is 5.75 Å². The van der Waals surface area contributed by atoms with Gasteiger partial charge in [0.2, 0.25) is 0 Å². The van der Waals surface area contributed by atoms with Crippen LogP contribution >= 0.6 is 23.1 Å². The lowest BCUT2D eigenvalue weighted by Crippen LogP contribution is -2.26. The van der Waals surface area contributed by atoms with Gasteiger partial charge in [0, 0.05) is 29.6 Å². The molecule has 0 N–H and O–H groups in total. The summed E-state index contributed by atoms with van der Waals surface area (Å²) in [6.45, 7) is 5.17. The Labute approximate surface area is 174 Å². The van der Waals surface area contributed by atoms with E-state index in [1.165, 1.54) is 0 Å². The standard InChI is InChI=1S/C22H24N2O2S2/c1-4-26-19-11-9-17(10-12-19)13-24(3)22(25)20-7-5-6-8-21(20)28-15-18-14-27-16(2)23-18/h5-12,14H,4,13,15H2,1-3H3. The molecule has 1 aromatic heterocycles. The quantitative estimate of drug-likeness (QED) is 0.464. The summed E-state index contributed by atoms with van der Waals surface area (Å²) in [7, 11) is 1.84. The Morgan fingerprint density at radius 3 is 2.61 bits per heavy atom. The molecule has 0 fully saturated rings. The smallest absolute Gasteiger partial charge is 0.255 e. The van der Waals surface area contributed by atoms with Crippen molar-refractivity contribution in [2.24, 2.45) is 0 Å². The summed E-state index contributed by atoms with van der Waals surface area (Å²) in [6, 6.07) is 15.7. The molecule has 0 spiro atoms. The maximum Gasteiger partial charge on any atom is 0.255 e. The van der Waals surface area contributed by atoms with Gasteiger partial charge in [-0.3, -0.25) is 4.79 Å². The van der Waals surface area contributed by atoms with Gasteiger partial charge in [-0.25, -0.2) is 4.98 Å². The third kappa shape index (κ3) is 5.36. The van der Waals surface area contributed by atoms with E-state index in [4.69, 9.17) is 4.74 Å². The fraction of sp³-hybridized carbons (Fsp3) is 0.273. The molecular formula is C22H24N2O2S2. The highest BCUT2D eigenvalue weighted by molar-refractivity contribution is 7.98. The van der Waals surface area contributed by atoms with Crippen molar-refractivity contribution in [1.82, 2.24) is 9.88 Å². The lowest BCUT2D eigenvalue weighted by molar-refractivity contribution is 0.0781. The van der Waals surface area contributed by atoms with Crippen LogP contribution in [0.2, 0.25) is 0 Å². The summed E-state index contributed by atoms with van der Waals surface area (Å²) in [5, 5.41) is 3.14. The number of aromatic nitrogens is 1. The van der Waals surface area contributed by atoms with E-state index in [1.54, 1.807) is 28.0 Å². The molecule has 0 aliphatic rings. The first-order valence-corrected chi connectivity index (χ1v) is 11.0. The van der Waals surface area contributed by atoms with E-state index in [0.717, 1.165) is 38.2 Å². The maximum absolute atomic E-state index is 13.0. The van der Waals surface area contributed by atoms with E-state index < -0.39 is 0 Å². The molecule has 146 valence electrons. The Morgan fingerprint density at radius 2 is 1.93 bits per heavy atom. The summed E-state index contributed by atoms with van der Waals surface area (Å²) in [5.74, 6) is 1.63. The Bertz CT molecular complexity index is 922. The van der Waals surface area contributed by atoms with E-state index >= 15 is 0 Å². The number of benzene rings is 2. The second-order valence-corrected chi connectivity index (χ2v) is 8.46. The van der Waals surface area contributed by atoms with Crippen molar-refractivity contribution in [3.05, 3.63) is 75.7 Å². The largest absolute Gasteiger partial charge is 0.494 e.